The maximum atomic E-state index is 12.4. The van der Waals surface area contributed by atoms with Gasteiger partial charge in [-0.1, -0.05) is 18.6 Å². The van der Waals surface area contributed by atoms with Gasteiger partial charge in [0.2, 0.25) is 11.8 Å². The first-order chi connectivity index (χ1) is 12.7. The lowest BCUT2D eigenvalue weighted by Gasteiger charge is -2.26. The average molecular weight is 359 g/mol. The lowest BCUT2D eigenvalue weighted by Crippen LogP contribution is -2.36. The number of ether oxygens (including phenoxy) is 1. The molecule has 1 N–H and O–H groups in total. The van der Waals surface area contributed by atoms with E-state index in [-0.39, 0.29) is 24.2 Å². The summed E-state index contributed by atoms with van der Waals surface area (Å²) < 4.78 is 5.34. The van der Waals surface area contributed by atoms with Crippen LogP contribution in [0.2, 0.25) is 0 Å². The molecule has 0 aromatic heterocycles. The zero-order chi connectivity index (χ0) is 18.4. The van der Waals surface area contributed by atoms with E-state index >= 15 is 0 Å². The van der Waals surface area contributed by atoms with Gasteiger partial charge in [0.05, 0.1) is 18.7 Å². The van der Waals surface area contributed by atoms with Crippen LogP contribution in [0.15, 0.2) is 24.3 Å². The van der Waals surface area contributed by atoms with Gasteiger partial charge in [0.1, 0.15) is 5.75 Å². The summed E-state index contributed by atoms with van der Waals surface area (Å²) in [5.74, 6) is 0.322. The van der Waals surface area contributed by atoms with Crippen LogP contribution in [0, 0.1) is 5.92 Å². The Bertz CT molecular complexity index is 628. The highest BCUT2D eigenvalue weighted by Crippen LogP contribution is 2.32. The van der Waals surface area contributed by atoms with Crippen molar-refractivity contribution in [2.45, 2.75) is 32.1 Å². The number of nitrogens with zero attached hydrogens (tertiary/aromatic N) is 2. The second-order valence-electron chi connectivity index (χ2n) is 7.12. The molecule has 0 spiro atoms. The number of hydrogen-bond acceptors (Lipinski definition) is 4. The molecule has 142 valence electrons. The number of anilines is 1. The maximum absolute atomic E-state index is 12.4. The van der Waals surface area contributed by atoms with Gasteiger partial charge in [0.15, 0.2) is 0 Å². The standard InChI is InChI=1S/C20H29N3O3/c1-26-18-9-4-3-8-17(18)23-15-16(14-19(23)24)20(25)21-10-7-13-22-11-5-2-6-12-22/h3-4,8-9,16H,2,5-7,10-15H2,1H3,(H,21,25). The second-order valence-corrected chi connectivity index (χ2v) is 7.12. The first-order valence-corrected chi connectivity index (χ1v) is 9.62. The van der Waals surface area contributed by atoms with Gasteiger partial charge >= 0.3 is 0 Å². The number of hydrogen-bond donors (Lipinski definition) is 1. The van der Waals surface area contributed by atoms with E-state index in [0.29, 0.717) is 18.8 Å². The molecule has 2 aliphatic rings. The smallest absolute Gasteiger partial charge is 0.227 e. The van der Waals surface area contributed by atoms with Crippen LogP contribution in [-0.4, -0.2) is 56.5 Å². The van der Waals surface area contributed by atoms with Gasteiger partial charge < -0.3 is 19.9 Å². The summed E-state index contributed by atoms with van der Waals surface area (Å²) in [4.78, 5) is 29.0. The number of piperidine rings is 1. The highest BCUT2D eigenvalue weighted by atomic mass is 16.5. The third-order valence-electron chi connectivity index (χ3n) is 5.27. The Hall–Kier alpha value is -2.08. The molecule has 1 atom stereocenters. The number of likely N-dealkylation sites (tertiary alicyclic amines) is 1. The predicted molar refractivity (Wildman–Crippen MR) is 101 cm³/mol. The van der Waals surface area contributed by atoms with E-state index in [1.54, 1.807) is 12.0 Å². The van der Waals surface area contributed by atoms with Crippen molar-refractivity contribution in [2.75, 3.05) is 44.7 Å². The van der Waals surface area contributed by atoms with Gasteiger partial charge in [-0.05, 0) is 51.0 Å². The molecule has 6 nitrogen and oxygen atoms in total. The largest absolute Gasteiger partial charge is 0.495 e. The second kappa shape index (κ2) is 9.03. The molecule has 1 aromatic carbocycles. The summed E-state index contributed by atoms with van der Waals surface area (Å²) in [5, 5.41) is 3.01. The van der Waals surface area contributed by atoms with Crippen LogP contribution in [-0.2, 0) is 9.59 Å². The van der Waals surface area contributed by atoms with E-state index in [0.717, 1.165) is 18.7 Å². The van der Waals surface area contributed by atoms with E-state index in [2.05, 4.69) is 10.2 Å². The molecular weight excluding hydrogens is 330 g/mol. The van der Waals surface area contributed by atoms with Crippen LogP contribution >= 0.6 is 0 Å². The van der Waals surface area contributed by atoms with Gasteiger partial charge in [-0.3, -0.25) is 9.59 Å². The van der Waals surface area contributed by atoms with E-state index < -0.39 is 0 Å². The highest BCUT2D eigenvalue weighted by molar-refractivity contribution is 6.01. The molecule has 2 heterocycles. The van der Waals surface area contributed by atoms with Crippen LogP contribution in [0.25, 0.3) is 0 Å². The van der Waals surface area contributed by atoms with Crippen molar-refractivity contribution in [1.82, 2.24) is 10.2 Å². The summed E-state index contributed by atoms with van der Waals surface area (Å²) in [6, 6.07) is 7.43. The molecule has 2 fully saturated rings. The Labute approximate surface area is 155 Å². The van der Waals surface area contributed by atoms with E-state index in [1.807, 2.05) is 24.3 Å². The molecule has 3 rings (SSSR count). The first-order valence-electron chi connectivity index (χ1n) is 9.62. The Balaban J connectivity index is 1.46. The summed E-state index contributed by atoms with van der Waals surface area (Å²) in [7, 11) is 1.59. The number of rotatable bonds is 7. The number of nitrogens with one attached hydrogen (secondary N) is 1. The average Bonchev–Trinajstić information content (AvgIpc) is 3.07. The minimum Gasteiger partial charge on any atom is -0.495 e. The molecule has 26 heavy (non-hydrogen) atoms. The van der Waals surface area contributed by atoms with E-state index in [9.17, 15) is 9.59 Å². The Morgan fingerprint density at radius 1 is 1.23 bits per heavy atom. The summed E-state index contributed by atoms with van der Waals surface area (Å²) in [5.41, 5.74) is 0.736. The van der Waals surface area contributed by atoms with E-state index in [1.165, 1.54) is 32.4 Å². The monoisotopic (exact) mass is 359 g/mol. The van der Waals surface area contributed by atoms with Crippen LogP contribution in [0.1, 0.15) is 32.1 Å². The third-order valence-corrected chi connectivity index (χ3v) is 5.27. The Morgan fingerprint density at radius 3 is 2.77 bits per heavy atom. The van der Waals surface area contributed by atoms with E-state index in [4.69, 9.17) is 4.74 Å². The number of amides is 2. The third kappa shape index (κ3) is 4.55. The maximum Gasteiger partial charge on any atom is 0.227 e. The lowest BCUT2D eigenvalue weighted by atomic mass is 10.1. The summed E-state index contributed by atoms with van der Waals surface area (Å²) in [6.07, 6.45) is 5.13. The van der Waals surface area contributed by atoms with Gasteiger partial charge in [-0.25, -0.2) is 0 Å². The molecule has 1 aromatic rings. The number of carbonyl (C=O) groups excluding carboxylic acids is 2. The molecule has 2 amide bonds. The molecule has 0 bridgehead atoms. The number of carbonyl (C=O) groups is 2. The predicted octanol–water partition coefficient (Wildman–Crippen LogP) is 2.04. The minimum absolute atomic E-state index is 0.0191. The fraction of sp³-hybridized carbons (Fsp3) is 0.600. The zero-order valence-corrected chi connectivity index (χ0v) is 15.6. The normalized spacial score (nSPS) is 21.0. The zero-order valence-electron chi connectivity index (χ0n) is 15.6. The number of para-hydroxylation sites is 2. The van der Waals surface area contributed by atoms with Crippen LogP contribution in [0.4, 0.5) is 5.69 Å². The quantitative estimate of drug-likeness (QED) is 0.757. The highest BCUT2D eigenvalue weighted by Gasteiger charge is 2.36. The van der Waals surface area contributed by atoms with Gasteiger partial charge in [-0.15, -0.1) is 0 Å². The van der Waals surface area contributed by atoms with Crippen molar-refractivity contribution in [3.05, 3.63) is 24.3 Å². The first kappa shape index (κ1) is 18.7. The topological polar surface area (TPSA) is 61.9 Å². The summed E-state index contributed by atoms with van der Waals surface area (Å²) >= 11 is 0. The van der Waals surface area contributed by atoms with Gasteiger partial charge in [0.25, 0.3) is 0 Å². The fourth-order valence-corrected chi connectivity index (χ4v) is 3.81. The molecule has 2 saturated heterocycles. The van der Waals surface area contributed by atoms with Crippen molar-refractivity contribution in [3.8, 4) is 5.75 Å². The Kier molecular flexibility index (Phi) is 6.50. The number of benzene rings is 1. The molecule has 6 heteroatoms. The van der Waals surface area contributed by atoms with Gasteiger partial charge in [0, 0.05) is 19.5 Å². The molecule has 0 aliphatic carbocycles. The van der Waals surface area contributed by atoms with Crippen molar-refractivity contribution < 1.29 is 14.3 Å². The molecule has 0 saturated carbocycles. The van der Waals surface area contributed by atoms with Crippen LogP contribution < -0.4 is 15.0 Å². The minimum atomic E-state index is -0.289. The SMILES string of the molecule is COc1ccccc1N1CC(C(=O)NCCCN2CCCCC2)CC1=O. The van der Waals surface area contributed by atoms with Crippen LogP contribution in [0.3, 0.4) is 0 Å². The lowest BCUT2D eigenvalue weighted by molar-refractivity contribution is -0.126. The van der Waals surface area contributed by atoms with Crippen LogP contribution in [0.5, 0.6) is 5.75 Å². The molecule has 0 radical (unpaired) electrons. The fourth-order valence-electron chi connectivity index (χ4n) is 3.81. The summed E-state index contributed by atoms with van der Waals surface area (Å²) in [6.45, 7) is 4.49. The molecular formula is C20H29N3O3. The molecule has 1 unspecified atom stereocenters. The van der Waals surface area contributed by atoms with Crippen molar-refractivity contribution in [1.29, 1.82) is 0 Å². The number of methoxy groups -OCH3 is 1. The van der Waals surface area contributed by atoms with Crippen molar-refractivity contribution >= 4 is 17.5 Å². The molecule has 2 aliphatic heterocycles. The van der Waals surface area contributed by atoms with Crippen molar-refractivity contribution in [2.24, 2.45) is 5.92 Å². The Morgan fingerprint density at radius 2 is 2.00 bits per heavy atom. The van der Waals surface area contributed by atoms with Crippen molar-refractivity contribution in [3.63, 3.8) is 0 Å². The van der Waals surface area contributed by atoms with Gasteiger partial charge in [-0.2, -0.15) is 0 Å².